The highest BCUT2D eigenvalue weighted by molar-refractivity contribution is 5.03. The molecule has 1 saturated heterocycles. The first-order valence-electron chi connectivity index (χ1n) is 6.81. The molecule has 2 aromatic heterocycles. The molecule has 0 amide bonds. The number of rotatable bonds is 5. The number of aliphatic hydroxyl groups excluding tert-OH is 1. The van der Waals surface area contributed by atoms with Gasteiger partial charge in [0.05, 0.1) is 12.8 Å². The van der Waals surface area contributed by atoms with Gasteiger partial charge in [-0.25, -0.2) is 9.89 Å². The van der Waals surface area contributed by atoms with Gasteiger partial charge in [0.2, 0.25) is 0 Å². The Labute approximate surface area is 115 Å². The lowest BCUT2D eigenvalue weighted by Crippen LogP contribution is -2.31. The van der Waals surface area contributed by atoms with E-state index in [0.717, 1.165) is 19.4 Å². The number of nitrogens with one attached hydrogen (secondary N) is 2. The van der Waals surface area contributed by atoms with Gasteiger partial charge in [-0.15, -0.1) is 0 Å². The Morgan fingerprint density at radius 3 is 3.20 bits per heavy atom. The molecular formula is C13H18N4O3. The topological polar surface area (TPSA) is 98.2 Å². The maximum Gasteiger partial charge on any atom is 0.340 e. The fourth-order valence-corrected chi connectivity index (χ4v) is 2.80. The normalized spacial score (nSPS) is 21.4. The number of hydrogen-bond acceptors (Lipinski definition) is 5. The van der Waals surface area contributed by atoms with Crippen molar-refractivity contribution in [1.82, 2.24) is 20.1 Å². The van der Waals surface area contributed by atoms with Gasteiger partial charge < -0.3 is 9.52 Å². The third kappa shape index (κ3) is 2.83. The highest BCUT2D eigenvalue weighted by Crippen LogP contribution is 2.28. The summed E-state index contributed by atoms with van der Waals surface area (Å²) in [5, 5.41) is 16.5. The molecule has 7 nitrogen and oxygen atoms in total. The van der Waals surface area contributed by atoms with E-state index in [2.05, 4.69) is 20.1 Å². The highest BCUT2D eigenvalue weighted by atomic mass is 16.4. The number of H-pyrrole nitrogens is 2. The molecule has 0 aromatic carbocycles. The Kier molecular flexibility index (Phi) is 3.70. The van der Waals surface area contributed by atoms with Gasteiger partial charge in [-0.3, -0.25) is 9.88 Å². The molecule has 20 heavy (non-hydrogen) atoms. The Balaban J connectivity index is 1.62. The van der Waals surface area contributed by atoms with Crippen molar-refractivity contribution in [3.8, 4) is 0 Å². The van der Waals surface area contributed by atoms with E-state index in [9.17, 15) is 9.90 Å². The average Bonchev–Trinajstić information content (AvgIpc) is 3.13. The van der Waals surface area contributed by atoms with Crippen molar-refractivity contribution in [2.24, 2.45) is 0 Å². The van der Waals surface area contributed by atoms with Crippen LogP contribution in [0.1, 0.15) is 37.0 Å². The molecule has 3 rings (SSSR count). The second-order valence-corrected chi connectivity index (χ2v) is 5.16. The number of aromatic nitrogens is 3. The summed E-state index contributed by atoms with van der Waals surface area (Å²) in [6, 6.07) is 3.84. The number of aliphatic hydroxyl groups is 1. The van der Waals surface area contributed by atoms with Crippen LogP contribution in [0.25, 0.3) is 0 Å². The van der Waals surface area contributed by atoms with E-state index in [1.807, 2.05) is 0 Å². The molecule has 3 heterocycles. The van der Waals surface area contributed by atoms with Crippen LogP contribution in [0.5, 0.6) is 0 Å². The van der Waals surface area contributed by atoms with Crippen molar-refractivity contribution in [2.75, 3.05) is 6.54 Å². The van der Waals surface area contributed by atoms with Crippen LogP contribution in [-0.2, 0) is 6.54 Å². The van der Waals surface area contributed by atoms with Crippen molar-refractivity contribution in [3.05, 3.63) is 40.5 Å². The summed E-state index contributed by atoms with van der Waals surface area (Å²) in [4.78, 5) is 15.9. The van der Waals surface area contributed by atoms with Gasteiger partial charge >= 0.3 is 5.69 Å². The van der Waals surface area contributed by atoms with Gasteiger partial charge in [0.25, 0.3) is 0 Å². The molecule has 0 radical (unpaired) electrons. The predicted octanol–water partition coefficient (Wildman–Crippen LogP) is 0.779. The summed E-state index contributed by atoms with van der Waals surface area (Å²) < 4.78 is 5.23. The smallest absolute Gasteiger partial charge is 0.340 e. The lowest BCUT2D eigenvalue weighted by molar-refractivity contribution is 0.0987. The predicted molar refractivity (Wildman–Crippen MR) is 70.9 cm³/mol. The third-order valence-electron chi connectivity index (χ3n) is 3.77. The monoisotopic (exact) mass is 278 g/mol. The summed E-state index contributed by atoms with van der Waals surface area (Å²) in [6.45, 7) is 1.54. The first kappa shape index (κ1) is 13.1. The van der Waals surface area contributed by atoms with Crippen LogP contribution in [0.4, 0.5) is 0 Å². The second-order valence-electron chi connectivity index (χ2n) is 5.16. The lowest BCUT2D eigenvalue weighted by Gasteiger charge is -2.24. The molecule has 1 aliphatic rings. The minimum atomic E-state index is -0.589. The van der Waals surface area contributed by atoms with Crippen LogP contribution >= 0.6 is 0 Å². The molecule has 1 fully saturated rings. The molecule has 7 heteroatoms. The van der Waals surface area contributed by atoms with Crippen LogP contribution in [0, 0.1) is 0 Å². The molecule has 2 atom stereocenters. The summed E-state index contributed by atoms with van der Waals surface area (Å²) in [5.41, 5.74) is -0.286. The van der Waals surface area contributed by atoms with Crippen LogP contribution < -0.4 is 5.69 Å². The molecule has 0 spiro atoms. The van der Waals surface area contributed by atoms with E-state index < -0.39 is 6.10 Å². The van der Waals surface area contributed by atoms with Gasteiger partial charge in [-0.05, 0) is 37.9 Å². The molecule has 1 aliphatic heterocycles. The Morgan fingerprint density at radius 1 is 1.60 bits per heavy atom. The Bertz CT molecular complexity index is 589. The molecule has 0 bridgehead atoms. The van der Waals surface area contributed by atoms with E-state index >= 15 is 0 Å². The first-order chi connectivity index (χ1) is 9.72. The third-order valence-corrected chi connectivity index (χ3v) is 3.77. The number of aromatic amines is 2. The highest BCUT2D eigenvalue weighted by Gasteiger charge is 2.28. The van der Waals surface area contributed by atoms with Gasteiger partial charge in [0, 0.05) is 6.04 Å². The quantitative estimate of drug-likeness (QED) is 0.750. The minimum Gasteiger partial charge on any atom is -0.467 e. The average molecular weight is 278 g/mol. The van der Waals surface area contributed by atoms with Gasteiger partial charge in [0.15, 0.2) is 0 Å². The minimum absolute atomic E-state index is 0.273. The van der Waals surface area contributed by atoms with E-state index in [1.165, 1.54) is 0 Å². The summed E-state index contributed by atoms with van der Waals surface area (Å²) >= 11 is 0. The van der Waals surface area contributed by atoms with E-state index in [-0.39, 0.29) is 11.7 Å². The molecule has 0 saturated carbocycles. The van der Waals surface area contributed by atoms with Crippen molar-refractivity contribution in [1.29, 1.82) is 0 Å². The van der Waals surface area contributed by atoms with Crippen LogP contribution in [0.15, 0.2) is 27.6 Å². The van der Waals surface area contributed by atoms with E-state index in [1.54, 1.807) is 18.4 Å². The number of hydrogen-bond donors (Lipinski definition) is 3. The number of likely N-dealkylation sites (tertiary alicyclic amines) is 1. The van der Waals surface area contributed by atoms with Gasteiger partial charge in [0.1, 0.15) is 17.7 Å². The Morgan fingerprint density at radius 2 is 2.50 bits per heavy atom. The second kappa shape index (κ2) is 5.64. The summed E-state index contributed by atoms with van der Waals surface area (Å²) in [6.07, 6.45) is 3.73. The maximum atomic E-state index is 11.0. The standard InChI is InChI=1S/C13H18N4O3/c18-10(11-4-2-6-20-11)7-9-3-1-5-17(9)8-12-14-13(19)16-15-12/h2,4,6,9-10,18H,1,3,5,7-8H2,(H2,14,15,16,19). The lowest BCUT2D eigenvalue weighted by atomic mass is 10.1. The zero-order valence-electron chi connectivity index (χ0n) is 11.1. The fourth-order valence-electron chi connectivity index (χ4n) is 2.80. The number of nitrogens with zero attached hydrogens (tertiary/aromatic N) is 2. The first-order valence-corrected chi connectivity index (χ1v) is 6.81. The largest absolute Gasteiger partial charge is 0.467 e. The molecule has 3 N–H and O–H groups in total. The van der Waals surface area contributed by atoms with Crippen molar-refractivity contribution in [2.45, 2.75) is 38.0 Å². The zero-order valence-corrected chi connectivity index (χ0v) is 11.1. The van der Waals surface area contributed by atoms with Crippen LogP contribution in [-0.4, -0.2) is 37.8 Å². The van der Waals surface area contributed by atoms with Crippen molar-refractivity contribution >= 4 is 0 Å². The van der Waals surface area contributed by atoms with Gasteiger partial charge in [-0.1, -0.05) is 0 Å². The van der Waals surface area contributed by atoms with Gasteiger partial charge in [-0.2, -0.15) is 5.10 Å². The SMILES string of the molecule is O=c1[nH]nc(CN2CCCC2CC(O)c2ccco2)[nH]1. The van der Waals surface area contributed by atoms with Crippen LogP contribution in [0.3, 0.4) is 0 Å². The van der Waals surface area contributed by atoms with E-state index in [4.69, 9.17) is 4.42 Å². The van der Waals surface area contributed by atoms with E-state index in [0.29, 0.717) is 24.6 Å². The zero-order chi connectivity index (χ0) is 13.9. The van der Waals surface area contributed by atoms with Crippen molar-refractivity contribution in [3.63, 3.8) is 0 Å². The Hall–Kier alpha value is -1.86. The number of furan rings is 1. The molecule has 108 valence electrons. The summed E-state index contributed by atoms with van der Waals surface area (Å²) in [7, 11) is 0. The molecule has 0 aliphatic carbocycles. The fraction of sp³-hybridized carbons (Fsp3) is 0.538. The van der Waals surface area contributed by atoms with Crippen LogP contribution in [0.2, 0.25) is 0 Å². The van der Waals surface area contributed by atoms with Crippen molar-refractivity contribution < 1.29 is 9.52 Å². The molecule has 2 unspecified atom stereocenters. The molecule has 2 aromatic rings. The summed E-state index contributed by atoms with van der Waals surface area (Å²) in [5.74, 6) is 1.24. The molecular weight excluding hydrogens is 260 g/mol. The maximum absolute atomic E-state index is 11.0.